The molecule has 0 unspecified atom stereocenters. The fourth-order valence-corrected chi connectivity index (χ4v) is 2.11. The summed E-state index contributed by atoms with van der Waals surface area (Å²) in [6.45, 7) is 5.15. The fraction of sp³-hybridized carbons (Fsp3) is 0.333. The summed E-state index contributed by atoms with van der Waals surface area (Å²) in [6.07, 6.45) is 0. The lowest BCUT2D eigenvalue weighted by Gasteiger charge is -2.15. The predicted octanol–water partition coefficient (Wildman–Crippen LogP) is 2.93. The number of hydrogen-bond acceptors (Lipinski definition) is 4. The molecule has 0 saturated carbocycles. The number of nitrogens with zero attached hydrogens (tertiary/aromatic N) is 1. The first-order chi connectivity index (χ1) is 9.93. The Balaban J connectivity index is 2.16. The minimum absolute atomic E-state index is 0.169. The van der Waals surface area contributed by atoms with E-state index in [9.17, 15) is 9.18 Å². The lowest BCUT2D eigenvalue weighted by atomic mass is 10.1. The summed E-state index contributed by atoms with van der Waals surface area (Å²) in [5.74, 6) is -0.135. The van der Waals surface area contributed by atoms with Crippen LogP contribution in [0, 0.1) is 19.7 Å². The van der Waals surface area contributed by atoms with Gasteiger partial charge >= 0.3 is 0 Å². The highest BCUT2D eigenvalue weighted by Gasteiger charge is 2.20. The summed E-state index contributed by atoms with van der Waals surface area (Å²) in [7, 11) is 1.40. The third-order valence-electron chi connectivity index (χ3n) is 3.28. The first-order valence-corrected chi connectivity index (χ1v) is 6.51. The molecule has 1 N–H and O–H groups in total. The van der Waals surface area contributed by atoms with Gasteiger partial charge in [-0.25, -0.2) is 4.39 Å². The number of halogens is 1. The van der Waals surface area contributed by atoms with Gasteiger partial charge in [0.05, 0.1) is 18.8 Å². The maximum absolute atomic E-state index is 13.7. The van der Waals surface area contributed by atoms with Crippen molar-refractivity contribution in [2.45, 2.75) is 26.8 Å². The number of rotatable bonds is 4. The number of aryl methyl sites for hydroxylation is 2. The highest BCUT2D eigenvalue weighted by molar-refractivity contribution is 5.96. The Morgan fingerprint density at radius 2 is 2.14 bits per heavy atom. The molecule has 1 aromatic heterocycles. The van der Waals surface area contributed by atoms with Crippen LogP contribution >= 0.6 is 0 Å². The smallest absolute Gasteiger partial charge is 0.257 e. The molecule has 0 saturated heterocycles. The summed E-state index contributed by atoms with van der Waals surface area (Å²) < 4.78 is 23.5. The second-order valence-corrected chi connectivity index (χ2v) is 4.79. The highest BCUT2D eigenvalue weighted by atomic mass is 19.1. The number of aromatic nitrogens is 1. The van der Waals surface area contributed by atoms with E-state index >= 15 is 0 Å². The maximum Gasteiger partial charge on any atom is 0.257 e. The molecular weight excluding hydrogens is 275 g/mol. The van der Waals surface area contributed by atoms with E-state index in [1.54, 1.807) is 26.8 Å². The van der Waals surface area contributed by atoms with Crippen molar-refractivity contribution in [1.82, 2.24) is 10.5 Å². The lowest BCUT2D eigenvalue weighted by molar-refractivity contribution is 0.0937. The first-order valence-electron chi connectivity index (χ1n) is 6.51. The van der Waals surface area contributed by atoms with Crippen LogP contribution in [0.25, 0.3) is 0 Å². The van der Waals surface area contributed by atoms with Gasteiger partial charge in [-0.1, -0.05) is 11.2 Å². The number of ether oxygens (including phenoxy) is 1. The van der Waals surface area contributed by atoms with Gasteiger partial charge in [-0.3, -0.25) is 4.79 Å². The molecule has 2 rings (SSSR count). The van der Waals surface area contributed by atoms with Gasteiger partial charge in [-0.2, -0.15) is 0 Å². The Kier molecular flexibility index (Phi) is 4.26. The largest absolute Gasteiger partial charge is 0.494 e. The standard InChI is InChI=1S/C15H17FN2O3/c1-8(11-5-6-13(20-4)12(16)7-11)17-15(19)14-9(2)18-21-10(14)3/h5-8H,1-4H3,(H,17,19)/t8-/m1/s1. The van der Waals surface area contributed by atoms with Crippen LogP contribution in [0.1, 0.15) is 40.3 Å². The minimum Gasteiger partial charge on any atom is -0.494 e. The second kappa shape index (κ2) is 5.95. The molecule has 1 amide bonds. The molecule has 1 aromatic carbocycles. The molecule has 0 spiro atoms. The molecule has 2 aromatic rings. The molecule has 112 valence electrons. The van der Waals surface area contributed by atoms with E-state index in [-0.39, 0.29) is 17.7 Å². The van der Waals surface area contributed by atoms with Crippen molar-refractivity contribution < 1.29 is 18.4 Å². The van der Waals surface area contributed by atoms with E-state index in [0.717, 1.165) is 0 Å². The summed E-state index contributed by atoms with van der Waals surface area (Å²) >= 11 is 0. The molecule has 0 aliphatic rings. The number of methoxy groups -OCH3 is 1. The molecule has 0 bridgehead atoms. The summed E-state index contributed by atoms with van der Waals surface area (Å²) in [5, 5.41) is 6.54. The van der Waals surface area contributed by atoms with Gasteiger partial charge < -0.3 is 14.6 Å². The van der Waals surface area contributed by atoms with Crippen LogP contribution in [0.15, 0.2) is 22.7 Å². The molecule has 0 radical (unpaired) electrons. The molecule has 5 nitrogen and oxygen atoms in total. The van der Waals surface area contributed by atoms with E-state index in [4.69, 9.17) is 9.26 Å². The van der Waals surface area contributed by atoms with Gasteiger partial charge in [0.1, 0.15) is 11.3 Å². The molecule has 1 atom stereocenters. The average Bonchev–Trinajstić information content (AvgIpc) is 2.77. The summed E-state index contributed by atoms with van der Waals surface area (Å²) in [5.41, 5.74) is 1.59. The molecular formula is C15H17FN2O3. The normalized spacial score (nSPS) is 12.0. The van der Waals surface area contributed by atoms with Gasteiger partial charge in [-0.05, 0) is 38.5 Å². The third kappa shape index (κ3) is 3.04. The Morgan fingerprint density at radius 3 is 2.67 bits per heavy atom. The van der Waals surface area contributed by atoms with Crippen LogP contribution in [0.2, 0.25) is 0 Å². The quantitative estimate of drug-likeness (QED) is 0.941. The second-order valence-electron chi connectivity index (χ2n) is 4.79. The first kappa shape index (κ1) is 15.0. The lowest BCUT2D eigenvalue weighted by Crippen LogP contribution is -2.27. The number of nitrogens with one attached hydrogen (secondary N) is 1. The van der Waals surface area contributed by atoms with Crippen LogP contribution in [0.5, 0.6) is 5.75 Å². The number of amides is 1. The molecule has 0 fully saturated rings. The SMILES string of the molecule is COc1ccc([C@@H](C)NC(=O)c2c(C)noc2C)cc1F. The van der Waals surface area contributed by atoms with Crippen molar-refractivity contribution in [2.75, 3.05) is 7.11 Å². The Hall–Kier alpha value is -2.37. The van der Waals surface area contributed by atoms with Crippen molar-refractivity contribution >= 4 is 5.91 Å². The van der Waals surface area contributed by atoms with Crippen molar-refractivity contribution in [3.8, 4) is 5.75 Å². The average molecular weight is 292 g/mol. The van der Waals surface area contributed by atoms with Gasteiger partial charge in [0.15, 0.2) is 11.6 Å². The number of hydrogen-bond donors (Lipinski definition) is 1. The fourth-order valence-electron chi connectivity index (χ4n) is 2.11. The molecule has 21 heavy (non-hydrogen) atoms. The van der Waals surface area contributed by atoms with Crippen LogP contribution in [-0.4, -0.2) is 18.2 Å². The number of carbonyl (C=O) groups is 1. The molecule has 0 aliphatic carbocycles. The summed E-state index contributed by atoms with van der Waals surface area (Å²) in [4.78, 5) is 12.2. The third-order valence-corrected chi connectivity index (χ3v) is 3.28. The van der Waals surface area contributed by atoms with Gasteiger partial charge in [0.25, 0.3) is 5.91 Å². The van der Waals surface area contributed by atoms with E-state index in [1.165, 1.54) is 19.2 Å². The highest BCUT2D eigenvalue weighted by Crippen LogP contribution is 2.22. The molecule has 1 heterocycles. The zero-order chi connectivity index (χ0) is 15.6. The minimum atomic E-state index is -0.464. The number of carbonyl (C=O) groups excluding carboxylic acids is 1. The van der Waals surface area contributed by atoms with Crippen LogP contribution < -0.4 is 10.1 Å². The van der Waals surface area contributed by atoms with Gasteiger partial charge in [-0.15, -0.1) is 0 Å². The monoisotopic (exact) mass is 292 g/mol. The van der Waals surface area contributed by atoms with E-state index in [1.807, 2.05) is 0 Å². The maximum atomic E-state index is 13.7. The Bertz CT molecular complexity index is 647. The topological polar surface area (TPSA) is 64.4 Å². The van der Waals surface area contributed by atoms with E-state index < -0.39 is 5.82 Å². The van der Waals surface area contributed by atoms with Gasteiger partial charge in [0.2, 0.25) is 0 Å². The van der Waals surface area contributed by atoms with Crippen molar-refractivity contribution in [2.24, 2.45) is 0 Å². The zero-order valence-corrected chi connectivity index (χ0v) is 12.4. The zero-order valence-electron chi connectivity index (χ0n) is 12.4. The Labute approximate surface area is 122 Å². The van der Waals surface area contributed by atoms with E-state index in [0.29, 0.717) is 22.6 Å². The van der Waals surface area contributed by atoms with Crippen LogP contribution in [0.4, 0.5) is 4.39 Å². The number of benzene rings is 1. The van der Waals surface area contributed by atoms with E-state index in [2.05, 4.69) is 10.5 Å². The summed E-state index contributed by atoms with van der Waals surface area (Å²) in [6, 6.07) is 4.23. The predicted molar refractivity (Wildman–Crippen MR) is 74.8 cm³/mol. The van der Waals surface area contributed by atoms with Crippen molar-refractivity contribution in [1.29, 1.82) is 0 Å². The van der Waals surface area contributed by atoms with Gasteiger partial charge in [0, 0.05) is 0 Å². The van der Waals surface area contributed by atoms with Crippen molar-refractivity contribution in [3.05, 3.63) is 46.6 Å². The molecule has 0 aliphatic heterocycles. The molecule has 6 heteroatoms. The Morgan fingerprint density at radius 1 is 1.43 bits per heavy atom. The van der Waals surface area contributed by atoms with Crippen LogP contribution in [-0.2, 0) is 0 Å². The van der Waals surface area contributed by atoms with Crippen molar-refractivity contribution in [3.63, 3.8) is 0 Å². The van der Waals surface area contributed by atoms with Crippen LogP contribution in [0.3, 0.4) is 0 Å².